The third-order valence-corrected chi connectivity index (χ3v) is 8.02. The number of carbonyl (C=O) groups excluding carboxylic acids is 2. The van der Waals surface area contributed by atoms with Crippen LogP contribution in [0.4, 0.5) is 0 Å². The molecule has 0 saturated heterocycles. The number of carbonyl (C=O) groups is 2. The lowest BCUT2D eigenvalue weighted by molar-refractivity contribution is -0.174. The van der Waals surface area contributed by atoms with Crippen molar-refractivity contribution in [3.8, 4) is 0 Å². The van der Waals surface area contributed by atoms with Crippen LogP contribution in [0.1, 0.15) is 34.8 Å². The summed E-state index contributed by atoms with van der Waals surface area (Å²) < 4.78 is 24.9. The van der Waals surface area contributed by atoms with Crippen molar-refractivity contribution in [3.05, 3.63) is 46.2 Å². The molecular weight excluding hydrogens is 448 g/mol. The smallest absolute Gasteiger partial charge is 0.278 e. The van der Waals surface area contributed by atoms with E-state index < -0.39 is 21.2 Å². The zero-order valence-electron chi connectivity index (χ0n) is 15.9. The van der Waals surface area contributed by atoms with Gasteiger partial charge in [0.25, 0.3) is 5.91 Å². The second kappa shape index (κ2) is 6.35. The molecule has 3 saturated carbocycles. The Bertz CT molecular complexity index is 1310. The molecule has 6 rings (SSSR count). The maximum Gasteiger partial charge on any atom is 0.278 e. The molecule has 3 aromatic rings. The highest BCUT2D eigenvalue weighted by molar-refractivity contribution is 7.89. The Morgan fingerprint density at radius 3 is 2.70 bits per heavy atom. The standard InChI is InChI=1S/C19H17ClN4O4S2/c1-30(27,28)10-24-5-4-13(23-24)15(25)22-16(26)18-7-19(8-18,9-18)17-21-12-3-2-11(20)6-14(12)29-17/h2-6H,7-10H2,1H3,(H,22,25,26). The Labute approximate surface area is 181 Å². The average molecular weight is 465 g/mol. The Kier molecular flexibility index (Phi) is 4.16. The van der Waals surface area contributed by atoms with Crippen LogP contribution in [0.2, 0.25) is 5.02 Å². The van der Waals surface area contributed by atoms with Gasteiger partial charge >= 0.3 is 0 Å². The second-order valence-electron chi connectivity index (χ2n) is 8.30. The maximum absolute atomic E-state index is 12.7. The van der Waals surface area contributed by atoms with E-state index in [1.54, 1.807) is 11.3 Å². The highest BCUT2D eigenvalue weighted by Crippen LogP contribution is 2.74. The van der Waals surface area contributed by atoms with Gasteiger partial charge in [-0.3, -0.25) is 19.6 Å². The molecular formula is C19H17ClN4O4S2. The van der Waals surface area contributed by atoms with E-state index in [1.165, 1.54) is 12.3 Å². The van der Waals surface area contributed by atoms with Gasteiger partial charge in [0.2, 0.25) is 5.91 Å². The van der Waals surface area contributed by atoms with Gasteiger partial charge in [-0.15, -0.1) is 11.3 Å². The lowest BCUT2D eigenvalue weighted by Crippen LogP contribution is -2.70. The molecule has 156 valence electrons. The van der Waals surface area contributed by atoms with Crippen LogP contribution in [0.5, 0.6) is 0 Å². The summed E-state index contributed by atoms with van der Waals surface area (Å²) >= 11 is 7.66. The van der Waals surface area contributed by atoms with Crippen LogP contribution in [0.25, 0.3) is 10.2 Å². The van der Waals surface area contributed by atoms with E-state index in [0.717, 1.165) is 26.2 Å². The molecule has 0 spiro atoms. The Morgan fingerprint density at radius 2 is 2.00 bits per heavy atom. The Morgan fingerprint density at radius 1 is 1.27 bits per heavy atom. The van der Waals surface area contributed by atoms with Crippen molar-refractivity contribution >= 4 is 54.8 Å². The van der Waals surface area contributed by atoms with Crippen molar-refractivity contribution < 1.29 is 18.0 Å². The van der Waals surface area contributed by atoms with Crippen LogP contribution >= 0.6 is 22.9 Å². The minimum atomic E-state index is -3.28. The number of nitrogens with zero attached hydrogens (tertiary/aromatic N) is 3. The minimum absolute atomic E-state index is 0.0105. The van der Waals surface area contributed by atoms with Crippen molar-refractivity contribution in [2.75, 3.05) is 6.26 Å². The summed E-state index contributed by atoms with van der Waals surface area (Å²) in [5, 5.41) is 8.04. The summed E-state index contributed by atoms with van der Waals surface area (Å²) in [7, 11) is -3.28. The summed E-state index contributed by atoms with van der Waals surface area (Å²) in [6, 6.07) is 7.00. The Hall–Kier alpha value is -2.30. The van der Waals surface area contributed by atoms with Crippen LogP contribution < -0.4 is 5.32 Å². The number of imide groups is 1. The zero-order valence-corrected chi connectivity index (χ0v) is 18.3. The monoisotopic (exact) mass is 464 g/mol. The number of sulfone groups is 1. The number of halogens is 1. The second-order valence-corrected chi connectivity index (χ2v) is 11.9. The molecule has 1 aromatic carbocycles. The van der Waals surface area contributed by atoms with Gasteiger partial charge in [0.05, 0.1) is 15.6 Å². The number of aromatic nitrogens is 3. The number of thiazole rings is 1. The fourth-order valence-corrected chi connectivity index (χ4v) is 6.53. The molecule has 30 heavy (non-hydrogen) atoms. The van der Waals surface area contributed by atoms with Gasteiger partial charge in [-0.05, 0) is 43.5 Å². The largest absolute Gasteiger partial charge is 0.290 e. The first kappa shape index (κ1) is 19.7. The zero-order chi connectivity index (χ0) is 21.3. The summed E-state index contributed by atoms with van der Waals surface area (Å²) in [5.41, 5.74) is 0.285. The molecule has 2 aromatic heterocycles. The van der Waals surface area contributed by atoms with Crippen molar-refractivity contribution in [1.29, 1.82) is 0 Å². The summed E-state index contributed by atoms with van der Waals surface area (Å²) in [6.45, 7) is 0. The van der Waals surface area contributed by atoms with E-state index in [0.29, 0.717) is 24.3 Å². The molecule has 0 unspecified atom stereocenters. The molecule has 3 aliphatic rings. The van der Waals surface area contributed by atoms with Crippen LogP contribution in [0, 0.1) is 5.41 Å². The molecule has 11 heteroatoms. The number of amides is 2. The molecule has 8 nitrogen and oxygen atoms in total. The first-order valence-corrected chi connectivity index (χ1v) is 12.5. The highest BCUT2D eigenvalue weighted by Gasteiger charge is 2.73. The molecule has 0 aliphatic heterocycles. The quantitative estimate of drug-likeness (QED) is 0.581. The first-order valence-electron chi connectivity index (χ1n) is 9.21. The van der Waals surface area contributed by atoms with Crippen molar-refractivity contribution in [3.63, 3.8) is 0 Å². The summed E-state index contributed by atoms with van der Waals surface area (Å²) in [4.78, 5) is 29.8. The van der Waals surface area contributed by atoms with Crippen molar-refractivity contribution in [1.82, 2.24) is 20.1 Å². The topological polar surface area (TPSA) is 111 Å². The number of hydrogen-bond acceptors (Lipinski definition) is 7. The van der Waals surface area contributed by atoms with Crippen molar-refractivity contribution in [2.45, 2.75) is 30.6 Å². The molecule has 3 fully saturated rings. The number of hydrogen-bond donors (Lipinski definition) is 1. The SMILES string of the molecule is CS(=O)(=O)Cn1ccc(C(=O)NC(=O)C23CC(c4nc5ccc(Cl)cc5s4)(C2)C3)n1. The van der Waals surface area contributed by atoms with Gasteiger partial charge in [-0.25, -0.2) is 13.4 Å². The predicted molar refractivity (Wildman–Crippen MR) is 112 cm³/mol. The minimum Gasteiger partial charge on any atom is -0.290 e. The van der Waals surface area contributed by atoms with Gasteiger partial charge < -0.3 is 0 Å². The van der Waals surface area contributed by atoms with E-state index in [-0.39, 0.29) is 22.9 Å². The van der Waals surface area contributed by atoms with Crippen LogP contribution in [0.3, 0.4) is 0 Å². The van der Waals surface area contributed by atoms with E-state index in [4.69, 9.17) is 16.6 Å². The molecule has 0 atom stereocenters. The van der Waals surface area contributed by atoms with E-state index >= 15 is 0 Å². The van der Waals surface area contributed by atoms with Gasteiger partial charge in [0.1, 0.15) is 10.9 Å². The van der Waals surface area contributed by atoms with E-state index in [1.807, 2.05) is 18.2 Å². The third kappa shape index (κ3) is 3.14. The highest BCUT2D eigenvalue weighted by atomic mass is 35.5. The van der Waals surface area contributed by atoms with Gasteiger partial charge in [0.15, 0.2) is 15.5 Å². The average Bonchev–Trinajstić information content (AvgIpc) is 3.17. The first-order chi connectivity index (χ1) is 14.1. The van der Waals surface area contributed by atoms with E-state index in [2.05, 4.69) is 10.4 Å². The van der Waals surface area contributed by atoms with Crippen molar-refractivity contribution in [2.24, 2.45) is 5.41 Å². The van der Waals surface area contributed by atoms with Crippen LogP contribution in [-0.2, 0) is 25.9 Å². The molecule has 0 radical (unpaired) electrons. The lowest BCUT2D eigenvalue weighted by atomic mass is 9.35. The third-order valence-electron chi connectivity index (χ3n) is 5.78. The lowest BCUT2D eigenvalue weighted by Gasteiger charge is -2.68. The fourth-order valence-electron chi connectivity index (χ4n) is 4.48. The number of benzene rings is 1. The van der Waals surface area contributed by atoms with E-state index in [9.17, 15) is 18.0 Å². The summed E-state index contributed by atoms with van der Waals surface area (Å²) in [5.74, 6) is -1.26. The molecule has 3 aliphatic carbocycles. The van der Waals surface area contributed by atoms with Gasteiger partial charge in [-0.2, -0.15) is 5.10 Å². The molecule has 2 bridgehead atoms. The number of fused-ring (bicyclic) bond motifs is 1. The van der Waals surface area contributed by atoms with Crippen LogP contribution in [-0.4, -0.2) is 41.3 Å². The predicted octanol–water partition coefficient (Wildman–Crippen LogP) is 2.53. The maximum atomic E-state index is 12.7. The van der Waals surface area contributed by atoms with Crippen LogP contribution in [0.15, 0.2) is 30.5 Å². The Balaban J connectivity index is 1.24. The molecule has 2 amide bonds. The molecule has 1 N–H and O–H groups in total. The van der Waals surface area contributed by atoms with Gasteiger partial charge in [0, 0.05) is 22.9 Å². The number of nitrogens with one attached hydrogen (secondary N) is 1. The summed E-state index contributed by atoms with van der Waals surface area (Å²) in [6.07, 6.45) is 4.46. The molecule has 2 heterocycles. The fraction of sp³-hybridized carbons (Fsp3) is 0.368. The van der Waals surface area contributed by atoms with Gasteiger partial charge in [-0.1, -0.05) is 11.6 Å². The number of rotatable bonds is 5. The normalized spacial score (nSPS) is 24.9.